The van der Waals surface area contributed by atoms with Crippen molar-refractivity contribution in [2.45, 2.75) is 26.6 Å². The van der Waals surface area contributed by atoms with E-state index < -0.39 is 6.10 Å². The monoisotopic (exact) mass is 436 g/mol. The number of fused-ring (bicyclic) bond motifs is 1. The number of rotatable bonds is 7. The zero-order valence-corrected chi connectivity index (χ0v) is 17.8. The van der Waals surface area contributed by atoms with Crippen LogP contribution in [0.2, 0.25) is 0 Å². The highest BCUT2D eigenvalue weighted by Gasteiger charge is 2.15. The van der Waals surface area contributed by atoms with Crippen molar-refractivity contribution in [1.82, 2.24) is 14.6 Å². The Morgan fingerprint density at radius 3 is 2.71 bits per heavy atom. The van der Waals surface area contributed by atoms with Gasteiger partial charge in [0.2, 0.25) is 4.96 Å². The molecule has 158 valence electrons. The first-order valence-corrected chi connectivity index (χ1v) is 10.4. The molecule has 0 fully saturated rings. The van der Waals surface area contributed by atoms with Gasteiger partial charge in [-0.2, -0.15) is 9.61 Å². The van der Waals surface area contributed by atoms with Crippen LogP contribution in [0.25, 0.3) is 4.96 Å². The first kappa shape index (κ1) is 20.5. The molecule has 1 atom stereocenters. The van der Waals surface area contributed by atoms with Gasteiger partial charge < -0.3 is 14.8 Å². The summed E-state index contributed by atoms with van der Waals surface area (Å²) in [6.07, 6.45) is -0.668. The number of nitrogens with one attached hydrogen (secondary N) is 1. The maximum Gasteiger partial charge on any atom is 0.275 e. The average Bonchev–Trinajstić information content (AvgIpc) is 3.14. The number of benzene rings is 2. The lowest BCUT2D eigenvalue weighted by Crippen LogP contribution is -2.30. The third-order valence-electron chi connectivity index (χ3n) is 4.31. The van der Waals surface area contributed by atoms with E-state index in [9.17, 15) is 9.59 Å². The molecule has 0 unspecified atom stereocenters. The molecule has 4 aromatic rings. The summed E-state index contributed by atoms with van der Waals surface area (Å²) >= 11 is 1.34. The van der Waals surface area contributed by atoms with Crippen molar-refractivity contribution in [3.05, 3.63) is 81.7 Å². The Bertz CT molecular complexity index is 1270. The van der Waals surface area contributed by atoms with Gasteiger partial charge in [0.05, 0.1) is 5.69 Å². The fraction of sp³-hybridized carbons (Fsp3) is 0.182. The van der Waals surface area contributed by atoms with Crippen LogP contribution in [0, 0.1) is 6.92 Å². The van der Waals surface area contributed by atoms with E-state index in [1.165, 1.54) is 21.9 Å². The second-order valence-electron chi connectivity index (χ2n) is 6.78. The molecular formula is C22H20N4O4S. The number of carbonyl (C=O) groups is 1. The van der Waals surface area contributed by atoms with Crippen LogP contribution in [0.4, 0.5) is 5.69 Å². The minimum atomic E-state index is -0.668. The van der Waals surface area contributed by atoms with Crippen LogP contribution in [0.1, 0.15) is 17.6 Å². The molecule has 0 aliphatic rings. The lowest BCUT2D eigenvalue weighted by molar-refractivity contribution is -0.122. The number of para-hydroxylation sites is 1. The first-order valence-electron chi connectivity index (χ1n) is 9.60. The molecular weight excluding hydrogens is 416 g/mol. The van der Waals surface area contributed by atoms with Crippen molar-refractivity contribution in [2.24, 2.45) is 0 Å². The Kier molecular flexibility index (Phi) is 5.94. The number of amides is 1. The second kappa shape index (κ2) is 8.97. The van der Waals surface area contributed by atoms with Crippen molar-refractivity contribution in [3.8, 4) is 11.5 Å². The van der Waals surface area contributed by atoms with Gasteiger partial charge in [-0.1, -0.05) is 35.6 Å². The van der Waals surface area contributed by atoms with Crippen molar-refractivity contribution >= 4 is 27.9 Å². The Morgan fingerprint density at radius 1 is 1.13 bits per heavy atom. The molecule has 0 saturated carbocycles. The van der Waals surface area contributed by atoms with Gasteiger partial charge in [-0.15, -0.1) is 0 Å². The van der Waals surface area contributed by atoms with Gasteiger partial charge in [-0.05, 0) is 38.1 Å². The quantitative estimate of drug-likeness (QED) is 0.477. The molecule has 1 amide bonds. The van der Waals surface area contributed by atoms with Crippen LogP contribution < -0.4 is 20.3 Å². The largest absolute Gasteiger partial charge is 0.487 e. The normalized spacial score (nSPS) is 11.8. The van der Waals surface area contributed by atoms with Gasteiger partial charge in [-0.3, -0.25) is 9.59 Å². The molecule has 31 heavy (non-hydrogen) atoms. The molecule has 4 rings (SSSR count). The molecule has 0 saturated heterocycles. The summed E-state index contributed by atoms with van der Waals surface area (Å²) < 4.78 is 12.7. The van der Waals surface area contributed by atoms with E-state index >= 15 is 0 Å². The van der Waals surface area contributed by atoms with Gasteiger partial charge in [0, 0.05) is 17.8 Å². The van der Waals surface area contributed by atoms with Crippen molar-refractivity contribution in [3.63, 3.8) is 0 Å². The predicted octanol–water partition coefficient (Wildman–Crippen LogP) is 3.44. The maximum atomic E-state index is 12.4. The van der Waals surface area contributed by atoms with Gasteiger partial charge in [-0.25, -0.2) is 4.98 Å². The maximum absolute atomic E-state index is 12.4. The van der Waals surface area contributed by atoms with Gasteiger partial charge >= 0.3 is 0 Å². The first-order chi connectivity index (χ1) is 15.0. The number of hydrogen-bond donors (Lipinski definition) is 1. The van der Waals surface area contributed by atoms with Gasteiger partial charge in [0.25, 0.3) is 11.5 Å². The van der Waals surface area contributed by atoms with Crippen LogP contribution in [-0.2, 0) is 11.4 Å². The number of ether oxygens (including phenoxy) is 2. The molecule has 1 N–H and O–H groups in total. The van der Waals surface area contributed by atoms with Crippen LogP contribution in [0.15, 0.2) is 65.5 Å². The van der Waals surface area contributed by atoms with E-state index in [4.69, 9.17) is 9.47 Å². The Balaban J connectivity index is 1.39. The lowest BCUT2D eigenvalue weighted by atomic mass is 10.2. The zero-order chi connectivity index (χ0) is 21.8. The standard InChI is InChI=1S/C22H20N4O4S/c1-14(30-18-8-4-3-5-9-18)21(28)23-16-7-6-10-19(11-16)29-13-17-12-20(27)26-22(24-17)31-15(2)25-26/h3-12,14H,13H2,1-2H3,(H,23,28)/t14-/m1/s1. The molecule has 0 aliphatic carbocycles. The third kappa shape index (κ3) is 5.07. The van der Waals surface area contributed by atoms with Crippen molar-refractivity contribution in [2.75, 3.05) is 5.32 Å². The van der Waals surface area contributed by atoms with Crippen molar-refractivity contribution in [1.29, 1.82) is 0 Å². The summed E-state index contributed by atoms with van der Waals surface area (Å²) in [4.78, 5) is 29.5. The smallest absolute Gasteiger partial charge is 0.275 e. The summed E-state index contributed by atoms with van der Waals surface area (Å²) in [5.41, 5.74) is 0.835. The van der Waals surface area contributed by atoms with Crippen molar-refractivity contribution < 1.29 is 14.3 Å². The molecule has 0 spiro atoms. The average molecular weight is 436 g/mol. The summed E-state index contributed by atoms with van der Waals surface area (Å²) in [7, 11) is 0. The molecule has 2 aromatic carbocycles. The van der Waals surface area contributed by atoms with E-state index in [-0.39, 0.29) is 18.1 Å². The number of nitrogens with zero attached hydrogens (tertiary/aromatic N) is 3. The van der Waals surface area contributed by atoms with Crippen LogP contribution >= 0.6 is 11.3 Å². The SMILES string of the molecule is Cc1nn2c(=O)cc(COc3cccc(NC(=O)[C@@H](C)Oc4ccccc4)c3)nc2s1. The highest BCUT2D eigenvalue weighted by molar-refractivity contribution is 7.16. The highest BCUT2D eigenvalue weighted by atomic mass is 32.1. The van der Waals surface area contributed by atoms with Crippen LogP contribution in [0.5, 0.6) is 11.5 Å². The number of aromatic nitrogens is 3. The highest BCUT2D eigenvalue weighted by Crippen LogP contribution is 2.19. The van der Waals surface area contributed by atoms with Gasteiger partial charge in [0.15, 0.2) is 6.10 Å². The topological polar surface area (TPSA) is 94.8 Å². The molecule has 2 heterocycles. The van der Waals surface area contributed by atoms with E-state index in [2.05, 4.69) is 15.4 Å². The molecule has 0 radical (unpaired) electrons. The Labute approximate surface area is 182 Å². The summed E-state index contributed by atoms with van der Waals surface area (Å²) in [5, 5.41) is 7.70. The molecule has 0 aliphatic heterocycles. The Hall–Kier alpha value is -3.72. The minimum absolute atomic E-state index is 0.119. The fourth-order valence-corrected chi connectivity index (χ4v) is 3.61. The van der Waals surface area contributed by atoms with E-state index in [0.29, 0.717) is 27.8 Å². The number of anilines is 1. The fourth-order valence-electron chi connectivity index (χ4n) is 2.85. The summed E-state index contributed by atoms with van der Waals surface area (Å²) in [6.45, 7) is 3.62. The molecule has 8 nitrogen and oxygen atoms in total. The minimum Gasteiger partial charge on any atom is -0.487 e. The summed E-state index contributed by atoms with van der Waals surface area (Å²) in [5.74, 6) is 0.886. The van der Waals surface area contributed by atoms with Gasteiger partial charge in [0.1, 0.15) is 23.1 Å². The van der Waals surface area contributed by atoms with E-state index in [1.54, 1.807) is 43.3 Å². The summed E-state index contributed by atoms with van der Waals surface area (Å²) in [6, 6.07) is 17.6. The predicted molar refractivity (Wildman–Crippen MR) is 118 cm³/mol. The van der Waals surface area contributed by atoms with Crippen LogP contribution in [-0.4, -0.2) is 26.6 Å². The zero-order valence-electron chi connectivity index (χ0n) is 16.9. The lowest BCUT2D eigenvalue weighted by Gasteiger charge is -2.15. The molecule has 2 aromatic heterocycles. The Morgan fingerprint density at radius 2 is 1.90 bits per heavy atom. The van der Waals surface area contributed by atoms with E-state index in [0.717, 1.165) is 5.01 Å². The molecule has 9 heteroatoms. The third-order valence-corrected chi connectivity index (χ3v) is 5.14. The number of aryl methyl sites for hydroxylation is 1. The van der Waals surface area contributed by atoms with Crippen LogP contribution in [0.3, 0.4) is 0 Å². The van der Waals surface area contributed by atoms with E-state index in [1.807, 2.05) is 25.1 Å². The molecule has 0 bridgehead atoms. The number of hydrogen-bond acceptors (Lipinski definition) is 7. The number of carbonyl (C=O) groups excluding carboxylic acids is 1. The second-order valence-corrected chi connectivity index (χ2v) is 7.94.